The van der Waals surface area contributed by atoms with Crippen LogP contribution in [0.25, 0.3) is 10.9 Å². The first-order valence-electron chi connectivity index (χ1n) is 9.66. The zero-order valence-corrected chi connectivity index (χ0v) is 18.2. The van der Waals surface area contributed by atoms with Crippen LogP contribution in [0.1, 0.15) is 28.5 Å². The van der Waals surface area contributed by atoms with Gasteiger partial charge < -0.3 is 28.7 Å². The van der Waals surface area contributed by atoms with Crippen LogP contribution in [0.4, 0.5) is 0 Å². The Bertz CT molecular complexity index is 1090. The van der Waals surface area contributed by atoms with Crippen LogP contribution in [0.3, 0.4) is 0 Å². The second-order valence-electron chi connectivity index (χ2n) is 6.62. The van der Waals surface area contributed by atoms with Crippen LogP contribution in [0, 0.1) is 0 Å². The van der Waals surface area contributed by atoms with Gasteiger partial charge >= 0.3 is 5.97 Å². The molecule has 3 rings (SSSR count). The van der Waals surface area contributed by atoms with Crippen molar-refractivity contribution in [3.63, 3.8) is 0 Å². The predicted molar refractivity (Wildman–Crippen MR) is 115 cm³/mol. The molecule has 1 N–H and O–H groups in total. The minimum Gasteiger partial charge on any atom is -0.497 e. The van der Waals surface area contributed by atoms with Crippen molar-refractivity contribution in [2.24, 2.45) is 0 Å². The van der Waals surface area contributed by atoms with E-state index in [4.69, 9.17) is 23.7 Å². The van der Waals surface area contributed by atoms with Crippen LogP contribution in [-0.4, -0.2) is 51.8 Å². The summed E-state index contributed by atoms with van der Waals surface area (Å²) in [6, 6.07) is 8.48. The molecule has 31 heavy (non-hydrogen) atoms. The molecule has 0 bridgehead atoms. The SMILES string of the molecule is CCOC(=O)Cc1[nH]c2cc(OC)ccc2c1C(=O)c1cc(OC)c(OC)c(OC)c1. The van der Waals surface area contributed by atoms with Gasteiger partial charge in [0, 0.05) is 22.7 Å². The summed E-state index contributed by atoms with van der Waals surface area (Å²) in [5, 5.41) is 0.666. The maximum atomic E-state index is 13.6. The molecule has 0 radical (unpaired) electrons. The number of aromatic nitrogens is 1. The average molecular weight is 427 g/mol. The molecule has 0 aliphatic rings. The lowest BCUT2D eigenvalue weighted by atomic mass is 9.98. The van der Waals surface area contributed by atoms with E-state index in [1.807, 2.05) is 0 Å². The van der Waals surface area contributed by atoms with Crippen LogP contribution in [0.15, 0.2) is 30.3 Å². The number of carbonyl (C=O) groups is 2. The summed E-state index contributed by atoms with van der Waals surface area (Å²) in [6.45, 7) is 1.99. The molecule has 0 unspecified atom stereocenters. The van der Waals surface area contributed by atoms with Gasteiger partial charge in [-0.05, 0) is 31.2 Å². The van der Waals surface area contributed by atoms with Crippen molar-refractivity contribution >= 4 is 22.7 Å². The van der Waals surface area contributed by atoms with E-state index in [0.29, 0.717) is 50.7 Å². The first kappa shape index (κ1) is 22.0. The number of hydrogen-bond acceptors (Lipinski definition) is 7. The van der Waals surface area contributed by atoms with Gasteiger partial charge in [-0.25, -0.2) is 0 Å². The van der Waals surface area contributed by atoms with Crippen LogP contribution in [-0.2, 0) is 16.0 Å². The smallest absolute Gasteiger partial charge is 0.311 e. The summed E-state index contributed by atoms with van der Waals surface area (Å²) in [6.07, 6.45) is -0.0731. The molecule has 0 aliphatic heterocycles. The van der Waals surface area contributed by atoms with E-state index in [-0.39, 0.29) is 18.8 Å². The Morgan fingerprint density at radius 2 is 1.58 bits per heavy atom. The molecule has 0 atom stereocenters. The Kier molecular flexibility index (Phi) is 6.69. The molecular weight excluding hydrogens is 402 g/mol. The van der Waals surface area contributed by atoms with Crippen molar-refractivity contribution < 1.29 is 33.3 Å². The fraction of sp³-hybridized carbons (Fsp3) is 0.304. The lowest BCUT2D eigenvalue weighted by molar-refractivity contribution is -0.142. The minimum absolute atomic E-state index is 0.0731. The van der Waals surface area contributed by atoms with E-state index in [1.165, 1.54) is 21.3 Å². The van der Waals surface area contributed by atoms with Crippen molar-refractivity contribution in [3.05, 3.63) is 47.2 Å². The predicted octanol–water partition coefficient (Wildman–Crippen LogP) is 3.54. The van der Waals surface area contributed by atoms with Crippen LogP contribution in [0.2, 0.25) is 0 Å². The summed E-state index contributed by atoms with van der Waals surface area (Å²) in [5.74, 6) is 1.01. The van der Waals surface area contributed by atoms with Gasteiger partial charge in [0.25, 0.3) is 0 Å². The standard InChI is InChI=1S/C23H25NO7/c1-6-31-20(25)12-17-21(15-8-7-14(27-2)11-16(15)24-17)22(26)13-9-18(28-3)23(30-5)19(10-13)29-4/h7-11,24H,6,12H2,1-5H3. The topological polar surface area (TPSA) is 96.1 Å². The molecule has 0 spiro atoms. The number of carbonyl (C=O) groups excluding carboxylic acids is 2. The highest BCUT2D eigenvalue weighted by Crippen LogP contribution is 2.39. The number of aromatic amines is 1. The van der Waals surface area contributed by atoms with E-state index in [9.17, 15) is 9.59 Å². The van der Waals surface area contributed by atoms with Crippen molar-refractivity contribution in [2.75, 3.05) is 35.0 Å². The number of H-pyrrole nitrogens is 1. The summed E-state index contributed by atoms with van der Waals surface area (Å²) in [4.78, 5) is 29.0. The second kappa shape index (κ2) is 9.42. The van der Waals surface area contributed by atoms with Gasteiger partial charge in [0.2, 0.25) is 5.75 Å². The number of fused-ring (bicyclic) bond motifs is 1. The Hall–Kier alpha value is -3.68. The number of esters is 1. The Balaban J connectivity index is 2.18. The molecule has 0 amide bonds. The number of rotatable bonds is 9. The van der Waals surface area contributed by atoms with Crippen LogP contribution in [0.5, 0.6) is 23.0 Å². The second-order valence-corrected chi connectivity index (χ2v) is 6.62. The molecule has 0 aliphatic carbocycles. The van der Waals surface area contributed by atoms with Crippen molar-refractivity contribution in [2.45, 2.75) is 13.3 Å². The highest BCUT2D eigenvalue weighted by atomic mass is 16.5. The van der Waals surface area contributed by atoms with Gasteiger partial charge in [-0.1, -0.05) is 0 Å². The maximum absolute atomic E-state index is 13.6. The maximum Gasteiger partial charge on any atom is 0.311 e. The molecule has 2 aromatic carbocycles. The Morgan fingerprint density at radius 1 is 0.903 bits per heavy atom. The van der Waals surface area contributed by atoms with Crippen LogP contribution >= 0.6 is 0 Å². The molecule has 0 saturated heterocycles. The highest BCUT2D eigenvalue weighted by Gasteiger charge is 2.25. The molecule has 1 heterocycles. The summed E-state index contributed by atoms with van der Waals surface area (Å²) < 4.78 is 26.4. The minimum atomic E-state index is -0.431. The number of methoxy groups -OCH3 is 4. The fourth-order valence-electron chi connectivity index (χ4n) is 3.46. The molecule has 8 nitrogen and oxygen atoms in total. The summed E-state index contributed by atoms with van der Waals surface area (Å²) in [7, 11) is 6.02. The highest BCUT2D eigenvalue weighted by molar-refractivity contribution is 6.18. The van der Waals surface area contributed by atoms with Gasteiger partial charge in [0.15, 0.2) is 17.3 Å². The number of ether oxygens (including phenoxy) is 5. The molecule has 0 saturated carbocycles. The third-order valence-electron chi connectivity index (χ3n) is 4.86. The third kappa shape index (κ3) is 4.28. The van der Waals surface area contributed by atoms with Gasteiger partial charge in [0.05, 0.1) is 52.5 Å². The molecule has 3 aromatic rings. The first-order chi connectivity index (χ1) is 15.0. The number of ketones is 1. The van der Waals surface area contributed by atoms with E-state index in [1.54, 1.807) is 44.4 Å². The monoisotopic (exact) mass is 427 g/mol. The van der Waals surface area contributed by atoms with Gasteiger partial charge in [0.1, 0.15) is 5.75 Å². The van der Waals surface area contributed by atoms with Gasteiger partial charge in [-0.15, -0.1) is 0 Å². The largest absolute Gasteiger partial charge is 0.497 e. The fourth-order valence-corrected chi connectivity index (χ4v) is 3.46. The lowest BCUT2D eigenvalue weighted by Gasteiger charge is -2.14. The quantitative estimate of drug-likeness (QED) is 0.412. The molecular formula is C23H25NO7. The zero-order chi connectivity index (χ0) is 22.5. The molecule has 0 fully saturated rings. The van der Waals surface area contributed by atoms with Gasteiger partial charge in [-0.3, -0.25) is 9.59 Å². The van der Waals surface area contributed by atoms with E-state index >= 15 is 0 Å². The summed E-state index contributed by atoms with van der Waals surface area (Å²) in [5.41, 5.74) is 1.84. The molecule has 8 heteroatoms. The Labute approximate surface area is 180 Å². The van der Waals surface area contributed by atoms with Crippen molar-refractivity contribution in [1.82, 2.24) is 4.98 Å². The number of nitrogens with one attached hydrogen (secondary N) is 1. The third-order valence-corrected chi connectivity index (χ3v) is 4.86. The van der Waals surface area contributed by atoms with E-state index in [2.05, 4.69) is 4.98 Å². The first-order valence-corrected chi connectivity index (χ1v) is 9.66. The zero-order valence-electron chi connectivity index (χ0n) is 18.2. The number of hydrogen-bond donors (Lipinski definition) is 1. The normalized spacial score (nSPS) is 10.6. The summed E-state index contributed by atoms with van der Waals surface area (Å²) >= 11 is 0. The van der Waals surface area contributed by atoms with Crippen LogP contribution < -0.4 is 18.9 Å². The Morgan fingerprint density at radius 3 is 2.13 bits per heavy atom. The molecule has 164 valence electrons. The van der Waals surface area contributed by atoms with Crippen molar-refractivity contribution in [3.8, 4) is 23.0 Å². The molecule has 1 aromatic heterocycles. The van der Waals surface area contributed by atoms with E-state index in [0.717, 1.165) is 0 Å². The van der Waals surface area contributed by atoms with E-state index < -0.39 is 5.97 Å². The average Bonchev–Trinajstić information content (AvgIpc) is 3.13. The lowest BCUT2D eigenvalue weighted by Crippen LogP contribution is -2.12. The van der Waals surface area contributed by atoms with Crippen molar-refractivity contribution in [1.29, 1.82) is 0 Å². The van der Waals surface area contributed by atoms with Gasteiger partial charge in [-0.2, -0.15) is 0 Å². The number of benzene rings is 2.